The van der Waals surface area contributed by atoms with E-state index >= 15 is 0 Å². The van der Waals surface area contributed by atoms with Crippen LogP contribution in [0.25, 0.3) is 0 Å². The molecule has 1 aromatic heterocycles. The largest absolute Gasteiger partial charge is 0.272 e. The van der Waals surface area contributed by atoms with Crippen LogP contribution in [0.3, 0.4) is 0 Å². The lowest BCUT2D eigenvalue weighted by atomic mass is 10.2. The van der Waals surface area contributed by atoms with Gasteiger partial charge >= 0.3 is 0 Å². The maximum Gasteiger partial charge on any atom is 0.250 e. The van der Waals surface area contributed by atoms with Gasteiger partial charge in [-0.3, -0.25) is 9.78 Å². The molecule has 0 fully saturated rings. The molecule has 0 bridgehead atoms. The molecular weight excluding hydrogens is 306 g/mol. The summed E-state index contributed by atoms with van der Waals surface area (Å²) in [6.45, 7) is 0. The van der Waals surface area contributed by atoms with E-state index in [-0.39, 0.29) is 5.91 Å². The van der Waals surface area contributed by atoms with Crippen LogP contribution in [0.2, 0.25) is 5.02 Å². The van der Waals surface area contributed by atoms with Gasteiger partial charge in [0.2, 0.25) is 5.91 Å². The van der Waals surface area contributed by atoms with E-state index in [0.717, 1.165) is 11.3 Å². The van der Waals surface area contributed by atoms with Crippen LogP contribution in [0.15, 0.2) is 53.8 Å². The minimum atomic E-state index is -0.138. The van der Waals surface area contributed by atoms with Crippen LogP contribution < -0.4 is 5.43 Å². The van der Waals surface area contributed by atoms with Gasteiger partial charge in [0.25, 0.3) is 0 Å². The van der Waals surface area contributed by atoms with Gasteiger partial charge in [-0.25, -0.2) is 5.43 Å². The first-order valence-electron chi connectivity index (χ1n) is 6.29. The van der Waals surface area contributed by atoms with Gasteiger partial charge in [0, 0.05) is 17.0 Å². The summed E-state index contributed by atoms with van der Waals surface area (Å²) >= 11 is 7.33. The first-order valence-corrected chi connectivity index (χ1v) is 7.82. The highest BCUT2D eigenvalue weighted by molar-refractivity contribution is 7.99. The van der Waals surface area contributed by atoms with Gasteiger partial charge < -0.3 is 0 Å². The summed E-state index contributed by atoms with van der Waals surface area (Å²) < 4.78 is 0. The van der Waals surface area contributed by atoms with Crippen LogP contribution in [0.4, 0.5) is 0 Å². The van der Waals surface area contributed by atoms with Crippen molar-refractivity contribution in [2.24, 2.45) is 5.10 Å². The molecule has 0 saturated heterocycles. The summed E-state index contributed by atoms with van der Waals surface area (Å²) in [6, 6.07) is 13.1. The van der Waals surface area contributed by atoms with Gasteiger partial charge in [-0.2, -0.15) is 5.10 Å². The molecule has 0 aliphatic heterocycles. The van der Waals surface area contributed by atoms with E-state index in [1.807, 2.05) is 42.5 Å². The summed E-state index contributed by atoms with van der Waals surface area (Å²) in [5.41, 5.74) is 4.31. The van der Waals surface area contributed by atoms with E-state index in [1.165, 1.54) is 18.0 Å². The molecule has 1 N–H and O–H groups in total. The average molecular weight is 320 g/mol. The van der Waals surface area contributed by atoms with Crippen molar-refractivity contribution in [3.05, 3.63) is 64.9 Å². The van der Waals surface area contributed by atoms with Crippen LogP contribution >= 0.6 is 23.4 Å². The highest BCUT2D eigenvalue weighted by Crippen LogP contribution is 2.15. The molecule has 1 amide bonds. The number of pyridine rings is 1. The van der Waals surface area contributed by atoms with Crippen molar-refractivity contribution in [3.63, 3.8) is 0 Å². The third kappa shape index (κ3) is 5.97. The molecule has 0 atom stereocenters. The van der Waals surface area contributed by atoms with Crippen LogP contribution in [-0.2, 0) is 10.5 Å². The van der Waals surface area contributed by atoms with Gasteiger partial charge in [0.1, 0.15) is 0 Å². The molecule has 0 spiro atoms. The Kier molecular flexibility index (Phi) is 6.24. The van der Waals surface area contributed by atoms with Crippen molar-refractivity contribution in [1.82, 2.24) is 10.4 Å². The molecule has 2 rings (SSSR count). The van der Waals surface area contributed by atoms with Crippen LogP contribution in [0, 0.1) is 0 Å². The first kappa shape index (κ1) is 15.5. The fourth-order valence-corrected chi connectivity index (χ4v) is 2.40. The van der Waals surface area contributed by atoms with E-state index in [0.29, 0.717) is 16.5 Å². The molecule has 1 aromatic carbocycles. The van der Waals surface area contributed by atoms with Crippen molar-refractivity contribution >= 4 is 35.5 Å². The molecule has 2 aromatic rings. The quantitative estimate of drug-likeness (QED) is 0.657. The van der Waals surface area contributed by atoms with Gasteiger partial charge in [0.15, 0.2) is 0 Å². The highest BCUT2D eigenvalue weighted by Gasteiger charge is 2.00. The highest BCUT2D eigenvalue weighted by atomic mass is 35.5. The Morgan fingerprint density at radius 3 is 2.81 bits per heavy atom. The summed E-state index contributed by atoms with van der Waals surface area (Å²) in [7, 11) is 0. The number of carbonyl (C=O) groups excluding carboxylic acids is 1. The maximum absolute atomic E-state index is 11.6. The third-order valence-corrected chi connectivity index (χ3v) is 3.74. The summed E-state index contributed by atoms with van der Waals surface area (Å²) in [5.74, 6) is 0.970. The predicted octanol–water partition coefficient (Wildman–Crippen LogP) is 3.12. The minimum absolute atomic E-state index is 0.138. The standard InChI is InChI=1S/C15H14ClN3OS/c16-13-6-4-12(5-7-13)10-21-11-15(20)19-18-9-14-3-1-2-8-17-14/h1-9H,10-11H2,(H,19,20)/b18-9+. The molecule has 0 aliphatic rings. The third-order valence-electron chi connectivity index (χ3n) is 2.49. The van der Waals surface area contributed by atoms with Crippen LogP contribution in [-0.4, -0.2) is 22.9 Å². The molecule has 0 radical (unpaired) electrons. The Balaban J connectivity index is 1.68. The second kappa shape index (κ2) is 8.44. The number of thioether (sulfide) groups is 1. The lowest BCUT2D eigenvalue weighted by molar-refractivity contribution is -0.118. The van der Waals surface area contributed by atoms with E-state index < -0.39 is 0 Å². The van der Waals surface area contributed by atoms with Crippen molar-refractivity contribution in [1.29, 1.82) is 0 Å². The number of aromatic nitrogens is 1. The molecule has 108 valence electrons. The van der Waals surface area contributed by atoms with E-state index in [4.69, 9.17) is 11.6 Å². The Morgan fingerprint density at radius 2 is 2.10 bits per heavy atom. The van der Waals surface area contributed by atoms with Crippen molar-refractivity contribution < 1.29 is 4.79 Å². The predicted molar refractivity (Wildman–Crippen MR) is 87.6 cm³/mol. The average Bonchev–Trinajstić information content (AvgIpc) is 2.50. The fraction of sp³-hybridized carbons (Fsp3) is 0.133. The molecule has 4 nitrogen and oxygen atoms in total. The molecule has 1 heterocycles. The number of halogens is 1. The Morgan fingerprint density at radius 1 is 1.29 bits per heavy atom. The van der Waals surface area contributed by atoms with Gasteiger partial charge in [-0.15, -0.1) is 11.8 Å². The zero-order valence-corrected chi connectivity index (χ0v) is 12.8. The molecule has 0 aliphatic carbocycles. The number of nitrogens with zero attached hydrogens (tertiary/aromatic N) is 2. The van der Waals surface area contributed by atoms with E-state index in [1.54, 1.807) is 6.20 Å². The number of nitrogens with one attached hydrogen (secondary N) is 1. The topological polar surface area (TPSA) is 54.4 Å². The summed E-state index contributed by atoms with van der Waals surface area (Å²) in [5, 5.41) is 4.57. The molecular formula is C15H14ClN3OS. The zero-order chi connectivity index (χ0) is 14.9. The SMILES string of the molecule is O=C(CSCc1ccc(Cl)cc1)N/N=C/c1ccccn1. The molecule has 0 saturated carbocycles. The molecule has 6 heteroatoms. The normalized spacial score (nSPS) is 10.7. The van der Waals surface area contributed by atoms with Crippen molar-refractivity contribution in [3.8, 4) is 0 Å². The Bertz CT molecular complexity index is 602. The Hall–Kier alpha value is -1.85. The van der Waals surface area contributed by atoms with Gasteiger partial charge in [-0.1, -0.05) is 29.8 Å². The summed E-state index contributed by atoms with van der Waals surface area (Å²) in [4.78, 5) is 15.7. The molecule has 21 heavy (non-hydrogen) atoms. The number of carbonyl (C=O) groups is 1. The maximum atomic E-state index is 11.6. The van der Waals surface area contributed by atoms with Gasteiger partial charge in [-0.05, 0) is 29.8 Å². The molecule has 0 unspecified atom stereocenters. The Labute approximate surface area is 132 Å². The lowest BCUT2D eigenvalue weighted by Gasteiger charge is -2.01. The first-order chi connectivity index (χ1) is 10.2. The number of rotatable bonds is 6. The van der Waals surface area contributed by atoms with E-state index in [2.05, 4.69) is 15.5 Å². The number of hydrogen-bond donors (Lipinski definition) is 1. The smallest absolute Gasteiger partial charge is 0.250 e. The number of hydrazone groups is 1. The second-order valence-electron chi connectivity index (χ2n) is 4.17. The minimum Gasteiger partial charge on any atom is -0.272 e. The van der Waals surface area contributed by atoms with Crippen molar-refractivity contribution in [2.45, 2.75) is 5.75 Å². The zero-order valence-electron chi connectivity index (χ0n) is 11.2. The summed E-state index contributed by atoms with van der Waals surface area (Å²) in [6.07, 6.45) is 3.19. The van der Waals surface area contributed by atoms with E-state index in [9.17, 15) is 4.79 Å². The number of hydrogen-bond acceptors (Lipinski definition) is 4. The fourth-order valence-electron chi connectivity index (χ4n) is 1.50. The van der Waals surface area contributed by atoms with Crippen LogP contribution in [0.1, 0.15) is 11.3 Å². The lowest BCUT2D eigenvalue weighted by Crippen LogP contribution is -2.19. The monoisotopic (exact) mass is 319 g/mol. The number of benzene rings is 1. The number of amides is 1. The van der Waals surface area contributed by atoms with Gasteiger partial charge in [0.05, 0.1) is 17.7 Å². The van der Waals surface area contributed by atoms with Crippen LogP contribution in [0.5, 0.6) is 0 Å². The van der Waals surface area contributed by atoms with Crippen molar-refractivity contribution in [2.75, 3.05) is 5.75 Å². The second-order valence-corrected chi connectivity index (χ2v) is 5.59.